The monoisotopic (exact) mass is 439 g/mol. The normalized spacial score (nSPS) is 12.8. The van der Waals surface area contributed by atoms with Crippen molar-refractivity contribution in [3.63, 3.8) is 0 Å². The van der Waals surface area contributed by atoms with Crippen molar-refractivity contribution in [1.29, 1.82) is 0 Å². The molecule has 1 amide bonds. The molecule has 31 heavy (non-hydrogen) atoms. The van der Waals surface area contributed by atoms with Crippen molar-refractivity contribution < 1.29 is 19.2 Å². The van der Waals surface area contributed by atoms with E-state index in [0.29, 0.717) is 16.5 Å². The summed E-state index contributed by atoms with van der Waals surface area (Å²) in [6, 6.07) is 11.0. The summed E-state index contributed by atoms with van der Waals surface area (Å²) in [6.45, 7) is -0.552. The molecule has 3 aromatic rings. The zero-order chi connectivity index (χ0) is 22.0. The number of non-ortho nitro benzene ring substituents is 1. The average molecular weight is 440 g/mol. The van der Waals surface area contributed by atoms with Gasteiger partial charge in [0.1, 0.15) is 0 Å². The van der Waals surface area contributed by atoms with Crippen LogP contribution in [0.2, 0.25) is 5.02 Å². The number of nitrogens with one attached hydrogen (secondary N) is 1. The summed E-state index contributed by atoms with van der Waals surface area (Å²) in [4.78, 5) is 40.3. The van der Waals surface area contributed by atoms with Gasteiger partial charge in [0.2, 0.25) is 0 Å². The van der Waals surface area contributed by atoms with E-state index in [9.17, 15) is 19.7 Å². The van der Waals surface area contributed by atoms with Gasteiger partial charge in [0.25, 0.3) is 11.6 Å². The minimum absolute atomic E-state index is 0.0728. The van der Waals surface area contributed by atoms with Gasteiger partial charge in [-0.3, -0.25) is 19.9 Å². The zero-order valence-corrected chi connectivity index (χ0v) is 17.1. The van der Waals surface area contributed by atoms with E-state index in [2.05, 4.69) is 10.3 Å². The topological polar surface area (TPSA) is 111 Å². The lowest BCUT2D eigenvalue weighted by atomic mass is 9.90. The molecule has 8 nitrogen and oxygen atoms in total. The van der Waals surface area contributed by atoms with E-state index in [1.165, 1.54) is 12.1 Å². The largest absolute Gasteiger partial charge is 0.452 e. The molecule has 0 radical (unpaired) electrons. The lowest BCUT2D eigenvalue weighted by molar-refractivity contribution is -0.384. The number of benzene rings is 2. The van der Waals surface area contributed by atoms with Crippen molar-refractivity contribution in [3.8, 4) is 0 Å². The van der Waals surface area contributed by atoms with E-state index < -0.39 is 23.4 Å². The SMILES string of the molecule is O=C(COC(=O)c1c2c(nc3ccccc13)CCCC2)Nc1cc([N+](=O)[O-])ccc1Cl. The van der Waals surface area contributed by atoms with E-state index in [1.54, 1.807) is 0 Å². The second-order valence-electron chi connectivity index (χ2n) is 7.18. The molecular weight excluding hydrogens is 422 g/mol. The first-order valence-corrected chi connectivity index (χ1v) is 10.1. The Morgan fingerprint density at radius 1 is 1.16 bits per heavy atom. The Morgan fingerprint density at radius 3 is 2.74 bits per heavy atom. The summed E-state index contributed by atoms with van der Waals surface area (Å²) in [5.74, 6) is -1.25. The molecule has 0 atom stereocenters. The maximum absolute atomic E-state index is 13.0. The Labute approximate surface area is 182 Å². The average Bonchev–Trinajstić information content (AvgIpc) is 2.77. The van der Waals surface area contributed by atoms with Gasteiger partial charge in [-0.15, -0.1) is 0 Å². The van der Waals surface area contributed by atoms with Crippen molar-refractivity contribution in [1.82, 2.24) is 4.98 Å². The Kier molecular flexibility index (Phi) is 5.81. The predicted octanol–water partition coefficient (Wildman–Crippen LogP) is 4.47. The van der Waals surface area contributed by atoms with Crippen molar-refractivity contribution in [2.45, 2.75) is 25.7 Å². The number of amides is 1. The molecule has 0 unspecified atom stereocenters. The van der Waals surface area contributed by atoms with Crippen molar-refractivity contribution in [2.75, 3.05) is 11.9 Å². The fraction of sp³-hybridized carbons (Fsp3) is 0.227. The van der Waals surface area contributed by atoms with Crippen LogP contribution in [0.25, 0.3) is 10.9 Å². The number of ether oxygens (including phenoxy) is 1. The number of rotatable bonds is 5. The van der Waals surface area contributed by atoms with Crippen LogP contribution >= 0.6 is 11.6 Å². The number of nitro benzene ring substituents is 1. The van der Waals surface area contributed by atoms with Gasteiger partial charge in [0.15, 0.2) is 6.61 Å². The van der Waals surface area contributed by atoms with Crippen molar-refractivity contribution in [3.05, 3.63) is 74.4 Å². The Balaban J connectivity index is 1.53. The highest BCUT2D eigenvalue weighted by atomic mass is 35.5. The molecular formula is C22H18ClN3O5. The van der Waals surface area contributed by atoms with Gasteiger partial charge >= 0.3 is 5.97 Å². The third-order valence-electron chi connectivity index (χ3n) is 5.14. The molecule has 4 rings (SSSR count). The number of carbonyl (C=O) groups excluding carboxylic acids is 2. The van der Waals surface area contributed by atoms with E-state index in [0.717, 1.165) is 43.0 Å². The summed E-state index contributed by atoms with van der Waals surface area (Å²) < 4.78 is 5.30. The molecule has 0 saturated carbocycles. The van der Waals surface area contributed by atoms with Gasteiger partial charge in [0, 0.05) is 23.2 Å². The first-order chi connectivity index (χ1) is 14.9. The predicted molar refractivity (Wildman–Crippen MR) is 115 cm³/mol. The van der Waals surface area contributed by atoms with Gasteiger partial charge in [-0.1, -0.05) is 29.8 Å². The van der Waals surface area contributed by atoms with Gasteiger partial charge < -0.3 is 10.1 Å². The van der Waals surface area contributed by atoms with Gasteiger partial charge in [0.05, 0.1) is 26.7 Å². The molecule has 0 bridgehead atoms. The fourth-order valence-corrected chi connectivity index (χ4v) is 3.88. The molecule has 0 fully saturated rings. The second kappa shape index (κ2) is 8.69. The van der Waals surface area contributed by atoms with Crippen LogP contribution < -0.4 is 5.32 Å². The molecule has 0 spiro atoms. The number of hydrogen-bond acceptors (Lipinski definition) is 6. The maximum atomic E-state index is 13.0. The van der Waals surface area contributed by atoms with E-state index in [-0.39, 0.29) is 16.4 Å². The number of aryl methyl sites for hydroxylation is 1. The fourth-order valence-electron chi connectivity index (χ4n) is 3.72. The summed E-state index contributed by atoms with van der Waals surface area (Å²) >= 11 is 6.00. The van der Waals surface area contributed by atoms with Gasteiger partial charge in [-0.05, 0) is 43.4 Å². The van der Waals surface area contributed by atoms with E-state index in [4.69, 9.17) is 16.3 Å². The van der Waals surface area contributed by atoms with Crippen LogP contribution in [-0.2, 0) is 22.4 Å². The third-order valence-corrected chi connectivity index (χ3v) is 5.47. The van der Waals surface area contributed by atoms with Gasteiger partial charge in [-0.2, -0.15) is 0 Å². The minimum Gasteiger partial charge on any atom is -0.452 e. The highest BCUT2D eigenvalue weighted by molar-refractivity contribution is 6.33. The lowest BCUT2D eigenvalue weighted by Gasteiger charge is -2.20. The Bertz CT molecular complexity index is 1210. The van der Waals surface area contributed by atoms with Crippen molar-refractivity contribution in [2.24, 2.45) is 0 Å². The van der Waals surface area contributed by atoms with Gasteiger partial charge in [-0.25, -0.2) is 4.79 Å². The molecule has 1 aromatic heterocycles. The smallest absolute Gasteiger partial charge is 0.339 e. The number of fused-ring (bicyclic) bond motifs is 2. The number of para-hydroxylation sites is 1. The molecule has 0 saturated heterocycles. The quantitative estimate of drug-likeness (QED) is 0.356. The van der Waals surface area contributed by atoms with Crippen LogP contribution in [-0.4, -0.2) is 28.4 Å². The first-order valence-electron chi connectivity index (χ1n) is 9.75. The number of aromatic nitrogens is 1. The van der Waals surface area contributed by atoms with Crippen molar-refractivity contribution >= 4 is 45.8 Å². The van der Waals surface area contributed by atoms with E-state index in [1.807, 2.05) is 24.3 Å². The number of pyridine rings is 1. The number of carbonyl (C=O) groups is 2. The number of nitro groups is 1. The Hall–Kier alpha value is -3.52. The number of nitrogens with zero attached hydrogens (tertiary/aromatic N) is 2. The van der Waals surface area contributed by atoms with E-state index >= 15 is 0 Å². The van der Waals surface area contributed by atoms with Crippen LogP contribution in [0.15, 0.2) is 42.5 Å². The number of esters is 1. The van der Waals surface area contributed by atoms with Crippen LogP contribution in [0.4, 0.5) is 11.4 Å². The highest BCUT2D eigenvalue weighted by Crippen LogP contribution is 2.30. The second-order valence-corrected chi connectivity index (χ2v) is 7.59. The standard InChI is InChI=1S/C22H18ClN3O5/c23-16-10-9-13(26(29)30)11-19(16)25-20(27)12-31-22(28)21-14-5-1-3-7-17(14)24-18-8-4-2-6-15(18)21/h1,3,5,7,9-11H,2,4,6,8,12H2,(H,25,27). The minimum atomic E-state index is -0.650. The summed E-state index contributed by atoms with van der Waals surface area (Å²) in [6.07, 6.45) is 3.50. The Morgan fingerprint density at radius 2 is 1.94 bits per heavy atom. The number of anilines is 1. The van der Waals surface area contributed by atoms with Crippen LogP contribution in [0.1, 0.15) is 34.5 Å². The lowest BCUT2D eigenvalue weighted by Crippen LogP contribution is -2.22. The summed E-state index contributed by atoms with van der Waals surface area (Å²) in [5.41, 5.74) is 2.78. The number of hydrogen-bond donors (Lipinski definition) is 1. The molecule has 1 aliphatic rings. The maximum Gasteiger partial charge on any atom is 0.339 e. The van der Waals surface area contributed by atoms with Crippen LogP contribution in [0.3, 0.4) is 0 Å². The zero-order valence-electron chi connectivity index (χ0n) is 16.4. The highest BCUT2D eigenvalue weighted by Gasteiger charge is 2.24. The molecule has 1 N–H and O–H groups in total. The summed E-state index contributed by atoms with van der Waals surface area (Å²) in [5, 5.41) is 14.2. The molecule has 2 aromatic carbocycles. The molecule has 0 aliphatic heterocycles. The van der Waals surface area contributed by atoms with Crippen LogP contribution in [0, 0.1) is 10.1 Å². The summed E-state index contributed by atoms with van der Waals surface area (Å²) in [7, 11) is 0. The first kappa shape index (κ1) is 20.7. The molecule has 158 valence electrons. The molecule has 1 aliphatic carbocycles. The van der Waals surface area contributed by atoms with Crippen LogP contribution in [0.5, 0.6) is 0 Å². The third kappa shape index (κ3) is 4.34. The molecule has 1 heterocycles. The number of halogens is 1. The molecule has 9 heteroatoms.